The average Bonchev–Trinajstić information content (AvgIpc) is 2.55. The molecule has 0 saturated carbocycles. The second-order valence-corrected chi connectivity index (χ2v) is 4.62. The summed E-state index contributed by atoms with van der Waals surface area (Å²) in [7, 11) is 0. The Balaban J connectivity index is 1.87. The minimum atomic E-state index is -1.24. The van der Waals surface area contributed by atoms with Crippen LogP contribution in [0.5, 0.6) is 0 Å². The van der Waals surface area contributed by atoms with E-state index in [1.54, 1.807) is 30.6 Å². The van der Waals surface area contributed by atoms with Crippen molar-refractivity contribution >= 4 is 28.8 Å². The molecule has 3 aromatic rings. The molecule has 0 aliphatic rings. The molecule has 5 nitrogen and oxygen atoms in total. The molecule has 0 bridgehead atoms. The molecule has 0 unspecified atom stereocenters. The number of aromatic carboxylic acids is 1. The molecule has 108 valence electrons. The molecule has 0 saturated heterocycles. The summed E-state index contributed by atoms with van der Waals surface area (Å²) in [6, 6.07) is 16.0. The van der Waals surface area contributed by atoms with Crippen molar-refractivity contribution in [3.63, 3.8) is 0 Å². The number of rotatable bonds is 4. The summed E-state index contributed by atoms with van der Waals surface area (Å²) in [6.07, 6.45) is 3.34. The highest BCUT2D eigenvalue weighted by molar-refractivity contribution is 5.98. The van der Waals surface area contributed by atoms with Crippen molar-refractivity contribution < 1.29 is 9.90 Å². The maximum absolute atomic E-state index is 11.0. The average molecular weight is 290 g/mol. The van der Waals surface area contributed by atoms with Crippen LogP contribution in [0, 0.1) is 0 Å². The third-order valence-electron chi connectivity index (χ3n) is 3.22. The van der Waals surface area contributed by atoms with Crippen molar-refractivity contribution in [2.75, 3.05) is 5.43 Å². The summed E-state index contributed by atoms with van der Waals surface area (Å²) in [5.74, 6) is -1.24. The van der Waals surface area contributed by atoms with E-state index in [2.05, 4.69) is 15.5 Å². The van der Waals surface area contributed by atoms with E-state index in [1.807, 2.05) is 30.3 Å². The highest BCUT2D eigenvalue weighted by Gasteiger charge is 2.01. The minimum Gasteiger partial charge on any atom is -0.545 e. The third kappa shape index (κ3) is 2.78. The van der Waals surface area contributed by atoms with Gasteiger partial charge in [-0.2, -0.15) is 5.10 Å². The van der Waals surface area contributed by atoms with Gasteiger partial charge in [0.05, 0.1) is 23.4 Å². The smallest absolute Gasteiger partial charge is 0.0736 e. The van der Waals surface area contributed by atoms with E-state index in [0.717, 1.165) is 16.5 Å². The number of hydrazone groups is 1. The van der Waals surface area contributed by atoms with E-state index < -0.39 is 5.97 Å². The zero-order chi connectivity index (χ0) is 15.4. The second kappa shape index (κ2) is 6.05. The minimum absolute atomic E-state index is 0.0687. The van der Waals surface area contributed by atoms with Crippen molar-refractivity contribution in [2.24, 2.45) is 5.10 Å². The normalized spacial score (nSPS) is 10.9. The molecule has 0 amide bonds. The number of carboxylic acids is 1. The molecular weight excluding hydrogens is 278 g/mol. The molecule has 5 heteroatoms. The predicted octanol–water partition coefficient (Wildman–Crippen LogP) is 2.04. The standard InChI is InChI=1S/C17H13N3O2/c21-17(22)14-6-2-4-8-16(14)20-19-11-12-9-10-18-15-7-3-1-5-13(12)15/h1-11,20H,(H,21,22)/p-1. The molecule has 1 N–H and O–H groups in total. The molecule has 0 aliphatic heterocycles. The fourth-order valence-electron chi connectivity index (χ4n) is 2.16. The molecule has 3 rings (SSSR count). The Kier molecular flexibility index (Phi) is 3.78. The summed E-state index contributed by atoms with van der Waals surface area (Å²) >= 11 is 0. The van der Waals surface area contributed by atoms with Crippen LogP contribution in [0.25, 0.3) is 10.9 Å². The number of aromatic nitrogens is 1. The Bertz CT molecular complexity index is 854. The number of hydrogen-bond acceptors (Lipinski definition) is 5. The predicted molar refractivity (Wildman–Crippen MR) is 83.7 cm³/mol. The lowest BCUT2D eigenvalue weighted by molar-refractivity contribution is -0.254. The lowest BCUT2D eigenvalue weighted by atomic mass is 10.1. The molecule has 1 heterocycles. The number of carboxylic acid groups (broad SMARTS) is 1. The highest BCUT2D eigenvalue weighted by Crippen LogP contribution is 2.16. The molecule has 0 aliphatic carbocycles. The first-order chi connectivity index (χ1) is 10.8. The largest absolute Gasteiger partial charge is 0.545 e. The lowest BCUT2D eigenvalue weighted by Gasteiger charge is -2.08. The van der Waals surface area contributed by atoms with Crippen LogP contribution < -0.4 is 10.5 Å². The fraction of sp³-hybridized carbons (Fsp3) is 0. The molecule has 22 heavy (non-hydrogen) atoms. The molecule has 1 aromatic heterocycles. The summed E-state index contributed by atoms with van der Waals surface area (Å²) < 4.78 is 0. The maximum atomic E-state index is 11.0. The number of carbonyl (C=O) groups is 1. The van der Waals surface area contributed by atoms with Crippen LogP contribution in [0.1, 0.15) is 15.9 Å². The van der Waals surface area contributed by atoms with Crippen LogP contribution in [-0.2, 0) is 0 Å². The van der Waals surface area contributed by atoms with Crippen molar-refractivity contribution in [2.45, 2.75) is 0 Å². The van der Waals surface area contributed by atoms with Gasteiger partial charge in [0.25, 0.3) is 0 Å². The third-order valence-corrected chi connectivity index (χ3v) is 3.22. The van der Waals surface area contributed by atoms with Crippen molar-refractivity contribution in [1.29, 1.82) is 0 Å². The van der Waals surface area contributed by atoms with Gasteiger partial charge < -0.3 is 9.90 Å². The summed E-state index contributed by atoms with van der Waals surface area (Å²) in [4.78, 5) is 15.3. The lowest BCUT2D eigenvalue weighted by Crippen LogP contribution is -2.23. The van der Waals surface area contributed by atoms with Crippen molar-refractivity contribution in [3.8, 4) is 0 Å². The molecule has 0 fully saturated rings. The Morgan fingerprint density at radius 3 is 2.73 bits per heavy atom. The Morgan fingerprint density at radius 1 is 1.09 bits per heavy atom. The van der Waals surface area contributed by atoms with Crippen molar-refractivity contribution in [3.05, 3.63) is 71.9 Å². The van der Waals surface area contributed by atoms with Crippen LogP contribution in [-0.4, -0.2) is 17.2 Å². The van der Waals surface area contributed by atoms with Crippen LogP contribution in [0.4, 0.5) is 5.69 Å². The zero-order valence-corrected chi connectivity index (χ0v) is 11.6. The fourth-order valence-corrected chi connectivity index (χ4v) is 2.16. The number of anilines is 1. The van der Waals surface area contributed by atoms with Gasteiger partial charge in [0.2, 0.25) is 0 Å². The first-order valence-electron chi connectivity index (χ1n) is 6.69. The van der Waals surface area contributed by atoms with Gasteiger partial charge in [-0.15, -0.1) is 0 Å². The highest BCUT2D eigenvalue weighted by atomic mass is 16.4. The zero-order valence-electron chi connectivity index (χ0n) is 11.6. The van der Waals surface area contributed by atoms with Gasteiger partial charge in [0.1, 0.15) is 0 Å². The van der Waals surface area contributed by atoms with E-state index in [4.69, 9.17) is 0 Å². The second-order valence-electron chi connectivity index (χ2n) is 4.62. The molecular formula is C17H12N3O2-. The molecule has 0 spiro atoms. The summed E-state index contributed by atoms with van der Waals surface area (Å²) in [5, 5.41) is 16.1. The van der Waals surface area contributed by atoms with Gasteiger partial charge in [-0.05, 0) is 18.2 Å². The number of carbonyl (C=O) groups excluding carboxylic acids is 1. The number of nitrogens with zero attached hydrogens (tertiary/aromatic N) is 2. The maximum Gasteiger partial charge on any atom is 0.0736 e. The van der Waals surface area contributed by atoms with E-state index in [0.29, 0.717) is 5.69 Å². The molecule has 0 atom stereocenters. The van der Waals surface area contributed by atoms with Gasteiger partial charge in [-0.3, -0.25) is 10.4 Å². The SMILES string of the molecule is O=C([O-])c1ccccc1NN=Cc1ccnc2ccccc12. The Hall–Kier alpha value is -3.21. The number of para-hydroxylation sites is 2. The Labute approximate surface area is 126 Å². The van der Waals surface area contributed by atoms with Crippen LogP contribution in [0.2, 0.25) is 0 Å². The van der Waals surface area contributed by atoms with E-state index in [-0.39, 0.29) is 5.56 Å². The van der Waals surface area contributed by atoms with Gasteiger partial charge in [-0.25, -0.2) is 0 Å². The van der Waals surface area contributed by atoms with Crippen LogP contribution in [0.3, 0.4) is 0 Å². The van der Waals surface area contributed by atoms with E-state index in [1.165, 1.54) is 6.07 Å². The number of fused-ring (bicyclic) bond motifs is 1. The molecule has 2 aromatic carbocycles. The first-order valence-corrected chi connectivity index (χ1v) is 6.69. The van der Waals surface area contributed by atoms with Crippen molar-refractivity contribution in [1.82, 2.24) is 4.98 Å². The summed E-state index contributed by atoms with van der Waals surface area (Å²) in [5.41, 5.74) is 4.96. The van der Waals surface area contributed by atoms with Gasteiger partial charge in [0.15, 0.2) is 0 Å². The number of nitrogens with one attached hydrogen (secondary N) is 1. The monoisotopic (exact) mass is 290 g/mol. The number of benzene rings is 2. The van der Waals surface area contributed by atoms with Gasteiger partial charge in [-0.1, -0.05) is 36.4 Å². The van der Waals surface area contributed by atoms with E-state index in [9.17, 15) is 9.90 Å². The van der Waals surface area contributed by atoms with Crippen LogP contribution >= 0.6 is 0 Å². The van der Waals surface area contributed by atoms with Gasteiger partial charge in [0, 0.05) is 22.7 Å². The number of hydrogen-bond donors (Lipinski definition) is 1. The quantitative estimate of drug-likeness (QED) is 0.589. The number of pyridine rings is 1. The first kappa shape index (κ1) is 13.8. The van der Waals surface area contributed by atoms with Gasteiger partial charge >= 0.3 is 0 Å². The topological polar surface area (TPSA) is 77.4 Å². The Morgan fingerprint density at radius 2 is 1.86 bits per heavy atom. The summed E-state index contributed by atoms with van der Waals surface area (Å²) in [6.45, 7) is 0. The van der Waals surface area contributed by atoms with E-state index >= 15 is 0 Å². The van der Waals surface area contributed by atoms with Crippen LogP contribution in [0.15, 0.2) is 65.9 Å². The molecule has 0 radical (unpaired) electrons.